The smallest absolute Gasteiger partial charge is 0.310 e. The second-order valence-electron chi connectivity index (χ2n) is 6.39. The summed E-state index contributed by atoms with van der Waals surface area (Å²) in [6.45, 7) is 5.85. The molecule has 0 fully saturated rings. The number of rotatable bonds is 9. The molecule has 0 saturated carbocycles. The zero-order valence-electron chi connectivity index (χ0n) is 15.3. The van der Waals surface area contributed by atoms with E-state index in [9.17, 15) is 19.4 Å². The molecule has 1 atom stereocenters. The fourth-order valence-corrected chi connectivity index (χ4v) is 2.84. The number of halogens is 5. The van der Waals surface area contributed by atoms with E-state index < -0.39 is 15.1 Å². The van der Waals surface area contributed by atoms with Gasteiger partial charge < -0.3 is 5.11 Å². The normalized spacial score (nSPS) is 15.6. The van der Waals surface area contributed by atoms with Gasteiger partial charge in [0, 0.05) is 12.5 Å². The van der Waals surface area contributed by atoms with E-state index in [4.69, 9.17) is 5.11 Å². The Balaban J connectivity index is 0.000000547. The first-order valence-corrected chi connectivity index (χ1v) is 10.8. The molecule has 1 aromatic carbocycles. The molecule has 1 rings (SSSR count). The molecule has 0 aromatic heterocycles. The lowest BCUT2D eigenvalue weighted by atomic mass is 10.0. The minimum absolute atomic E-state index is 0.254. The molecule has 25 heavy (non-hydrogen) atoms. The van der Waals surface area contributed by atoms with Gasteiger partial charge in [0.1, 0.15) is 4.90 Å². The van der Waals surface area contributed by atoms with Crippen LogP contribution in [0.25, 0.3) is 0 Å². The number of hydrogen-bond acceptors (Lipinski definition) is 1. The van der Waals surface area contributed by atoms with Gasteiger partial charge in [-0.25, -0.2) is 0 Å². The van der Waals surface area contributed by atoms with Crippen molar-refractivity contribution in [1.29, 1.82) is 0 Å². The van der Waals surface area contributed by atoms with Crippen molar-refractivity contribution >= 4 is 10.2 Å². The zero-order chi connectivity index (χ0) is 19.6. The van der Waals surface area contributed by atoms with Crippen molar-refractivity contribution in [2.45, 2.75) is 76.5 Å². The van der Waals surface area contributed by atoms with E-state index in [1.165, 1.54) is 44.9 Å². The van der Waals surface area contributed by atoms with Gasteiger partial charge in [-0.05, 0) is 17.7 Å². The van der Waals surface area contributed by atoms with Gasteiger partial charge in [0.05, 0.1) is 0 Å². The lowest BCUT2D eigenvalue weighted by molar-refractivity contribution is 0.273. The highest BCUT2D eigenvalue weighted by Crippen LogP contribution is 3.02. The third-order valence-corrected chi connectivity index (χ3v) is 5.04. The summed E-state index contributed by atoms with van der Waals surface area (Å²) < 4.78 is 61.6. The monoisotopic (exact) mass is 390 g/mol. The van der Waals surface area contributed by atoms with E-state index in [0.29, 0.717) is 17.7 Å². The maximum Gasteiger partial charge on any atom is 0.310 e. The highest BCUT2D eigenvalue weighted by atomic mass is 32.5. The summed E-state index contributed by atoms with van der Waals surface area (Å²) in [6.07, 6.45) is 9.97. The first kappa shape index (κ1) is 24.2. The summed E-state index contributed by atoms with van der Waals surface area (Å²) in [5, 5.41) is 8.76. The largest absolute Gasteiger partial charge is 0.396 e. The predicted octanol–water partition coefficient (Wildman–Crippen LogP) is 8.20. The van der Waals surface area contributed by atoms with Crippen molar-refractivity contribution in [3.63, 3.8) is 0 Å². The molecule has 0 aliphatic heterocycles. The Labute approximate surface area is 148 Å². The summed E-state index contributed by atoms with van der Waals surface area (Å²) in [7, 11) is -9.56. The SMILES string of the molecule is CC(CO)c1ccc(S(F)(F)(F)(F)F)cc1.CCCCCCCCC. The number of aliphatic hydroxyl groups is 1. The Morgan fingerprint density at radius 2 is 1.20 bits per heavy atom. The third-order valence-electron chi connectivity index (χ3n) is 3.88. The molecule has 1 N–H and O–H groups in total. The number of hydrogen-bond donors (Lipinski definition) is 1. The van der Waals surface area contributed by atoms with Crippen molar-refractivity contribution in [2.24, 2.45) is 0 Å². The Hall–Kier alpha value is -0.820. The topological polar surface area (TPSA) is 20.2 Å². The number of unbranched alkanes of at least 4 members (excludes halogenated alkanes) is 6. The minimum atomic E-state index is -9.56. The zero-order valence-corrected chi connectivity index (χ0v) is 16.1. The van der Waals surface area contributed by atoms with E-state index in [1.807, 2.05) is 0 Å². The van der Waals surface area contributed by atoms with Crippen molar-refractivity contribution in [3.05, 3.63) is 29.8 Å². The van der Waals surface area contributed by atoms with E-state index in [-0.39, 0.29) is 12.5 Å². The quantitative estimate of drug-likeness (QED) is 0.333. The van der Waals surface area contributed by atoms with Gasteiger partial charge in [0.15, 0.2) is 0 Å². The fourth-order valence-electron chi connectivity index (χ4n) is 2.19. The highest BCUT2D eigenvalue weighted by molar-refractivity contribution is 8.45. The van der Waals surface area contributed by atoms with Crippen LogP contribution >= 0.6 is 10.2 Å². The minimum Gasteiger partial charge on any atom is -0.396 e. The van der Waals surface area contributed by atoms with Crippen LogP contribution in [0.5, 0.6) is 0 Å². The molecule has 1 nitrogen and oxygen atoms in total. The molecular weight excluding hydrogens is 359 g/mol. The molecule has 0 spiro atoms. The van der Waals surface area contributed by atoms with Gasteiger partial charge in [0.2, 0.25) is 0 Å². The maximum atomic E-state index is 12.3. The second kappa shape index (κ2) is 9.21. The van der Waals surface area contributed by atoms with Crippen LogP contribution in [0.2, 0.25) is 0 Å². The van der Waals surface area contributed by atoms with Gasteiger partial charge >= 0.3 is 10.2 Å². The van der Waals surface area contributed by atoms with E-state index in [1.54, 1.807) is 6.92 Å². The summed E-state index contributed by atoms with van der Waals surface area (Å²) in [5.74, 6) is -0.382. The van der Waals surface area contributed by atoms with Crippen molar-refractivity contribution in [3.8, 4) is 0 Å². The van der Waals surface area contributed by atoms with Gasteiger partial charge in [0.25, 0.3) is 0 Å². The van der Waals surface area contributed by atoms with Crippen LogP contribution in [0.4, 0.5) is 19.4 Å². The molecule has 0 heterocycles. The number of benzene rings is 1. The molecule has 0 radical (unpaired) electrons. The van der Waals surface area contributed by atoms with E-state index in [0.717, 1.165) is 12.1 Å². The molecule has 0 bridgehead atoms. The standard InChI is InChI=1S/C9H11F5OS.C9H20/c1-7(6-15)8-2-4-9(5-3-8)16(10,11,12,13)14;1-3-5-7-9-8-6-4-2/h2-5,7,15H,6H2,1H3;3-9H2,1-2H3. The molecular formula is C18H31F5OS. The van der Waals surface area contributed by atoms with Crippen molar-refractivity contribution in [1.82, 2.24) is 0 Å². The van der Waals surface area contributed by atoms with Crippen LogP contribution in [0.1, 0.15) is 77.2 Å². The summed E-state index contributed by atoms with van der Waals surface area (Å²) in [5.41, 5.74) is 0.383. The van der Waals surface area contributed by atoms with E-state index in [2.05, 4.69) is 13.8 Å². The van der Waals surface area contributed by atoms with Crippen LogP contribution in [0, 0.1) is 0 Å². The van der Waals surface area contributed by atoms with Gasteiger partial charge in [-0.3, -0.25) is 0 Å². The Morgan fingerprint density at radius 3 is 1.52 bits per heavy atom. The molecule has 1 aromatic rings. The van der Waals surface area contributed by atoms with Crippen molar-refractivity contribution < 1.29 is 24.5 Å². The first-order chi connectivity index (χ1) is 11.4. The fraction of sp³-hybridized carbons (Fsp3) is 0.667. The average molecular weight is 391 g/mol. The molecule has 1 unspecified atom stereocenters. The van der Waals surface area contributed by atoms with Gasteiger partial charge in [-0.15, -0.1) is 0 Å². The predicted molar refractivity (Wildman–Crippen MR) is 97.0 cm³/mol. The van der Waals surface area contributed by atoms with Gasteiger partial charge in [-0.2, -0.15) is 0 Å². The van der Waals surface area contributed by atoms with Crippen LogP contribution in [-0.4, -0.2) is 11.7 Å². The number of aliphatic hydroxyl groups excluding tert-OH is 1. The summed E-state index contributed by atoms with van der Waals surface area (Å²) in [6, 6.07) is 2.61. The Kier molecular flexibility index (Phi) is 8.91. The van der Waals surface area contributed by atoms with Gasteiger partial charge in [-0.1, -0.05) is 97.3 Å². The van der Waals surface area contributed by atoms with E-state index >= 15 is 0 Å². The first-order valence-electron chi connectivity index (χ1n) is 8.80. The van der Waals surface area contributed by atoms with Crippen LogP contribution in [0.15, 0.2) is 29.2 Å². The summed E-state index contributed by atoms with van der Waals surface area (Å²) >= 11 is 0. The summed E-state index contributed by atoms with van der Waals surface area (Å²) in [4.78, 5) is -1.91. The third kappa shape index (κ3) is 10.7. The Morgan fingerprint density at radius 1 is 0.800 bits per heavy atom. The van der Waals surface area contributed by atoms with Crippen LogP contribution in [-0.2, 0) is 0 Å². The molecule has 0 amide bonds. The second-order valence-corrected chi connectivity index (χ2v) is 8.80. The molecule has 0 saturated heterocycles. The molecule has 0 aliphatic rings. The van der Waals surface area contributed by atoms with Crippen LogP contribution < -0.4 is 0 Å². The molecule has 7 heteroatoms. The lowest BCUT2D eigenvalue weighted by Gasteiger charge is -2.40. The maximum absolute atomic E-state index is 12.3. The average Bonchev–Trinajstić information content (AvgIpc) is 2.53. The lowest BCUT2D eigenvalue weighted by Crippen LogP contribution is -2.06. The molecule has 150 valence electrons. The van der Waals surface area contributed by atoms with Crippen LogP contribution in [0.3, 0.4) is 0 Å². The highest BCUT2D eigenvalue weighted by Gasteiger charge is 2.65. The Bertz CT molecular complexity index is 478. The van der Waals surface area contributed by atoms with Crippen molar-refractivity contribution in [2.75, 3.05) is 6.61 Å². The molecule has 0 aliphatic carbocycles.